The lowest BCUT2D eigenvalue weighted by Crippen LogP contribution is -2.44. The van der Waals surface area contributed by atoms with Crippen molar-refractivity contribution < 1.29 is 13.2 Å². The number of amides is 1. The predicted octanol–water partition coefficient (Wildman–Crippen LogP) is 1.50. The Morgan fingerprint density at radius 2 is 1.79 bits per heavy atom. The maximum absolute atomic E-state index is 11.9. The summed E-state index contributed by atoms with van der Waals surface area (Å²) in [5.41, 5.74) is 0. The minimum atomic E-state index is -3.30. The fraction of sp³-hybridized carbons (Fsp3) is 0.923. The van der Waals surface area contributed by atoms with E-state index in [4.69, 9.17) is 0 Å². The third kappa shape index (κ3) is 6.38. The first-order valence-electron chi connectivity index (χ1n) is 7.18. The molecule has 0 spiro atoms. The van der Waals surface area contributed by atoms with Gasteiger partial charge in [0.1, 0.15) is 0 Å². The van der Waals surface area contributed by atoms with Gasteiger partial charge in [0.2, 0.25) is 15.9 Å². The van der Waals surface area contributed by atoms with E-state index in [-0.39, 0.29) is 18.5 Å². The number of nitrogens with zero attached hydrogens (tertiary/aromatic N) is 1. The van der Waals surface area contributed by atoms with Crippen molar-refractivity contribution >= 4 is 15.9 Å². The van der Waals surface area contributed by atoms with Crippen LogP contribution in [0.1, 0.15) is 51.9 Å². The van der Waals surface area contributed by atoms with Crippen molar-refractivity contribution in [3.8, 4) is 0 Å². The van der Waals surface area contributed by atoms with Gasteiger partial charge in [-0.1, -0.05) is 32.6 Å². The third-order valence-electron chi connectivity index (χ3n) is 3.48. The second kappa shape index (κ2) is 7.85. The Labute approximate surface area is 116 Å². The molecular formula is C13H26N2O3S. The largest absolute Gasteiger partial charge is 0.352 e. The highest BCUT2D eigenvalue weighted by atomic mass is 32.2. The molecular weight excluding hydrogens is 264 g/mol. The molecule has 5 nitrogen and oxygen atoms in total. The molecule has 1 aliphatic carbocycles. The smallest absolute Gasteiger partial charge is 0.235 e. The van der Waals surface area contributed by atoms with Gasteiger partial charge in [-0.25, -0.2) is 8.42 Å². The van der Waals surface area contributed by atoms with Crippen molar-refractivity contribution in [1.82, 2.24) is 9.62 Å². The van der Waals surface area contributed by atoms with Gasteiger partial charge in [-0.05, 0) is 19.3 Å². The average Bonchev–Trinajstić information content (AvgIpc) is 2.56. The van der Waals surface area contributed by atoms with Crippen LogP contribution < -0.4 is 5.32 Å². The van der Waals surface area contributed by atoms with E-state index in [1.807, 2.05) is 6.92 Å². The zero-order valence-corrected chi connectivity index (χ0v) is 12.8. The summed E-state index contributed by atoms with van der Waals surface area (Å²) >= 11 is 0. The molecule has 0 atom stereocenters. The van der Waals surface area contributed by atoms with E-state index in [0.29, 0.717) is 13.0 Å². The zero-order chi connectivity index (χ0) is 14.3. The summed E-state index contributed by atoms with van der Waals surface area (Å²) in [7, 11) is -3.30. The van der Waals surface area contributed by atoms with Crippen LogP contribution >= 0.6 is 0 Å². The Hall–Kier alpha value is -0.620. The topological polar surface area (TPSA) is 66.5 Å². The van der Waals surface area contributed by atoms with Gasteiger partial charge in [0.25, 0.3) is 0 Å². The SMILES string of the molecule is CCCN(CC(=O)NC1CCCCCC1)S(C)(=O)=O. The van der Waals surface area contributed by atoms with Crippen molar-refractivity contribution in [2.75, 3.05) is 19.3 Å². The first kappa shape index (κ1) is 16.4. The van der Waals surface area contributed by atoms with Crippen LogP contribution in [0.25, 0.3) is 0 Å². The fourth-order valence-electron chi connectivity index (χ4n) is 2.47. The molecule has 0 aliphatic heterocycles. The van der Waals surface area contributed by atoms with Crippen LogP contribution in [0.15, 0.2) is 0 Å². The zero-order valence-electron chi connectivity index (χ0n) is 12.0. The number of nitrogens with one attached hydrogen (secondary N) is 1. The van der Waals surface area contributed by atoms with Crippen LogP contribution in [0.3, 0.4) is 0 Å². The molecule has 1 rings (SSSR count). The summed E-state index contributed by atoms with van der Waals surface area (Å²) in [5, 5.41) is 2.97. The molecule has 112 valence electrons. The Bertz CT molecular complexity index is 373. The molecule has 0 aromatic heterocycles. The standard InChI is InChI=1S/C13H26N2O3S/c1-3-10-15(19(2,17)18)11-13(16)14-12-8-6-4-5-7-9-12/h12H,3-11H2,1-2H3,(H,14,16). The molecule has 0 unspecified atom stereocenters. The lowest BCUT2D eigenvalue weighted by atomic mass is 10.1. The summed E-state index contributed by atoms with van der Waals surface area (Å²) < 4.78 is 24.3. The monoisotopic (exact) mass is 290 g/mol. The van der Waals surface area contributed by atoms with Crippen LogP contribution in [-0.4, -0.2) is 44.0 Å². The molecule has 0 aromatic carbocycles. The maximum atomic E-state index is 11.9. The molecule has 0 heterocycles. The molecule has 1 aliphatic rings. The van der Waals surface area contributed by atoms with Crippen LogP contribution in [-0.2, 0) is 14.8 Å². The highest BCUT2D eigenvalue weighted by Crippen LogP contribution is 2.17. The number of carbonyl (C=O) groups excluding carboxylic acids is 1. The lowest BCUT2D eigenvalue weighted by Gasteiger charge is -2.21. The van der Waals surface area contributed by atoms with E-state index in [1.165, 1.54) is 17.1 Å². The number of sulfonamides is 1. The van der Waals surface area contributed by atoms with Gasteiger partial charge < -0.3 is 5.32 Å². The van der Waals surface area contributed by atoms with Gasteiger partial charge in [0.05, 0.1) is 12.8 Å². The molecule has 1 saturated carbocycles. The number of hydrogen-bond acceptors (Lipinski definition) is 3. The van der Waals surface area contributed by atoms with Gasteiger partial charge in [-0.3, -0.25) is 4.79 Å². The van der Waals surface area contributed by atoms with E-state index in [1.54, 1.807) is 0 Å². The maximum Gasteiger partial charge on any atom is 0.235 e. The van der Waals surface area contributed by atoms with Crippen LogP contribution in [0.5, 0.6) is 0 Å². The van der Waals surface area contributed by atoms with Crippen LogP contribution in [0.4, 0.5) is 0 Å². The Balaban J connectivity index is 2.47. The average molecular weight is 290 g/mol. The Morgan fingerprint density at radius 1 is 1.21 bits per heavy atom. The van der Waals surface area contributed by atoms with Crippen molar-refractivity contribution in [3.05, 3.63) is 0 Å². The second-order valence-corrected chi connectivity index (χ2v) is 7.33. The molecule has 6 heteroatoms. The van der Waals surface area contributed by atoms with Gasteiger partial charge in [-0.15, -0.1) is 0 Å². The molecule has 0 bridgehead atoms. The minimum absolute atomic E-state index is 0.0524. The summed E-state index contributed by atoms with van der Waals surface area (Å²) in [5.74, 6) is -0.175. The van der Waals surface area contributed by atoms with Crippen LogP contribution in [0, 0.1) is 0 Å². The number of carbonyl (C=O) groups is 1. The summed E-state index contributed by atoms with van der Waals surface area (Å²) in [6.45, 7) is 2.25. The first-order chi connectivity index (χ1) is 8.93. The molecule has 19 heavy (non-hydrogen) atoms. The van der Waals surface area contributed by atoms with E-state index < -0.39 is 10.0 Å². The molecule has 1 amide bonds. The van der Waals surface area contributed by atoms with E-state index >= 15 is 0 Å². The van der Waals surface area contributed by atoms with Gasteiger partial charge in [-0.2, -0.15) is 4.31 Å². The Morgan fingerprint density at radius 3 is 2.26 bits per heavy atom. The third-order valence-corrected chi connectivity index (χ3v) is 4.73. The Kier molecular flexibility index (Phi) is 6.79. The van der Waals surface area contributed by atoms with Crippen molar-refractivity contribution in [1.29, 1.82) is 0 Å². The molecule has 0 aromatic rings. The molecule has 1 N–H and O–H groups in total. The highest BCUT2D eigenvalue weighted by molar-refractivity contribution is 7.88. The van der Waals surface area contributed by atoms with Crippen molar-refractivity contribution in [2.24, 2.45) is 0 Å². The van der Waals surface area contributed by atoms with Gasteiger partial charge >= 0.3 is 0 Å². The van der Waals surface area contributed by atoms with E-state index in [9.17, 15) is 13.2 Å². The predicted molar refractivity (Wildman–Crippen MR) is 76.3 cm³/mol. The lowest BCUT2D eigenvalue weighted by molar-refractivity contribution is -0.122. The van der Waals surface area contributed by atoms with Gasteiger partial charge in [0.15, 0.2) is 0 Å². The fourth-order valence-corrected chi connectivity index (χ4v) is 3.33. The summed E-state index contributed by atoms with van der Waals surface area (Å²) in [6.07, 6.45) is 8.66. The van der Waals surface area contributed by atoms with E-state index in [0.717, 1.165) is 31.9 Å². The molecule has 0 saturated heterocycles. The first-order valence-corrected chi connectivity index (χ1v) is 9.02. The molecule has 1 fully saturated rings. The van der Waals surface area contributed by atoms with Crippen molar-refractivity contribution in [3.63, 3.8) is 0 Å². The normalized spacial score (nSPS) is 18.3. The van der Waals surface area contributed by atoms with Crippen LogP contribution in [0.2, 0.25) is 0 Å². The second-order valence-electron chi connectivity index (χ2n) is 5.35. The highest BCUT2D eigenvalue weighted by Gasteiger charge is 2.21. The molecule has 0 radical (unpaired) electrons. The number of hydrogen-bond donors (Lipinski definition) is 1. The summed E-state index contributed by atoms with van der Waals surface area (Å²) in [4.78, 5) is 11.9. The number of rotatable bonds is 6. The van der Waals surface area contributed by atoms with E-state index in [2.05, 4.69) is 5.32 Å². The summed E-state index contributed by atoms with van der Waals surface area (Å²) in [6, 6.07) is 0.220. The van der Waals surface area contributed by atoms with Crippen molar-refractivity contribution in [2.45, 2.75) is 57.9 Å². The minimum Gasteiger partial charge on any atom is -0.352 e. The van der Waals surface area contributed by atoms with Gasteiger partial charge in [0, 0.05) is 12.6 Å². The quantitative estimate of drug-likeness (QED) is 0.754.